The lowest BCUT2D eigenvalue weighted by Crippen LogP contribution is -2.50. The number of aromatic nitrogens is 2. The highest BCUT2D eigenvalue weighted by Crippen LogP contribution is 2.32. The first-order valence-corrected chi connectivity index (χ1v) is 10.4. The molecule has 0 spiro atoms. The van der Waals surface area contributed by atoms with Crippen molar-refractivity contribution >= 4 is 38.7 Å². The van der Waals surface area contributed by atoms with Gasteiger partial charge in [0.15, 0.2) is 5.82 Å². The molecule has 0 atom stereocenters. The van der Waals surface area contributed by atoms with Crippen LogP contribution in [0.15, 0.2) is 10.5 Å². The fourth-order valence-electron chi connectivity index (χ4n) is 2.96. The van der Waals surface area contributed by atoms with Crippen LogP contribution in [0.4, 0.5) is 19.4 Å². The van der Waals surface area contributed by atoms with Crippen LogP contribution in [-0.4, -0.2) is 52.7 Å². The van der Waals surface area contributed by atoms with Crippen molar-refractivity contribution in [1.82, 2.24) is 14.9 Å². The minimum atomic E-state index is -0.985. The summed E-state index contributed by atoms with van der Waals surface area (Å²) in [4.78, 5) is 23.1. The summed E-state index contributed by atoms with van der Waals surface area (Å²) in [7, 11) is 0. The minimum Gasteiger partial charge on any atom is -0.444 e. The quantitative estimate of drug-likeness (QED) is 0.542. The average Bonchev–Trinajstić information content (AvgIpc) is 2.67. The second-order valence-electron chi connectivity index (χ2n) is 7.49. The SMILES string of the molecule is CC.Cc1cc2c(N3CCN(C(=O)OC(C)(C)C)CC3)nc(F)nc2c(F)c1Br. The van der Waals surface area contributed by atoms with Gasteiger partial charge < -0.3 is 14.5 Å². The van der Waals surface area contributed by atoms with Crippen LogP contribution in [0, 0.1) is 18.8 Å². The van der Waals surface area contributed by atoms with Crippen molar-refractivity contribution in [3.05, 3.63) is 28.0 Å². The first-order chi connectivity index (χ1) is 13.6. The number of benzene rings is 1. The number of hydrogen-bond acceptors (Lipinski definition) is 5. The predicted octanol–water partition coefficient (Wildman–Crippen LogP) is 5.06. The normalized spacial score (nSPS) is 14.5. The highest BCUT2D eigenvalue weighted by atomic mass is 79.9. The molecule has 1 amide bonds. The number of rotatable bonds is 1. The summed E-state index contributed by atoms with van der Waals surface area (Å²) in [6.45, 7) is 12.9. The summed E-state index contributed by atoms with van der Waals surface area (Å²) in [6, 6.07) is 1.73. The number of hydrogen-bond donors (Lipinski definition) is 0. The van der Waals surface area contributed by atoms with Gasteiger partial charge in [-0.2, -0.15) is 14.4 Å². The summed E-state index contributed by atoms with van der Waals surface area (Å²) in [5.74, 6) is -0.282. The molecule has 160 valence electrons. The van der Waals surface area contributed by atoms with Crippen LogP contribution < -0.4 is 4.90 Å². The molecular weight excluding hydrogens is 446 g/mol. The summed E-state index contributed by atoms with van der Waals surface area (Å²) in [5, 5.41) is 0.445. The first-order valence-electron chi connectivity index (χ1n) is 9.61. The molecule has 0 radical (unpaired) electrons. The molecule has 3 rings (SSSR count). The third-order valence-electron chi connectivity index (χ3n) is 4.24. The number of carbonyl (C=O) groups is 1. The van der Waals surface area contributed by atoms with Gasteiger partial charge in [-0.1, -0.05) is 13.8 Å². The van der Waals surface area contributed by atoms with Gasteiger partial charge in [-0.25, -0.2) is 9.18 Å². The van der Waals surface area contributed by atoms with Gasteiger partial charge >= 0.3 is 12.2 Å². The number of nitrogens with zero attached hydrogens (tertiary/aromatic N) is 4. The molecule has 1 aliphatic heterocycles. The van der Waals surface area contributed by atoms with E-state index >= 15 is 0 Å². The van der Waals surface area contributed by atoms with E-state index in [1.807, 2.05) is 39.5 Å². The molecule has 29 heavy (non-hydrogen) atoms. The Morgan fingerprint density at radius 1 is 1.14 bits per heavy atom. The zero-order chi connectivity index (χ0) is 21.9. The van der Waals surface area contributed by atoms with Crippen LogP contribution >= 0.6 is 15.9 Å². The van der Waals surface area contributed by atoms with Crippen LogP contribution in [0.25, 0.3) is 10.9 Å². The topological polar surface area (TPSA) is 58.6 Å². The number of aryl methyl sites for hydroxylation is 1. The Bertz CT molecular complexity index is 894. The highest BCUT2D eigenvalue weighted by molar-refractivity contribution is 9.10. The van der Waals surface area contributed by atoms with Crippen LogP contribution in [0.2, 0.25) is 0 Å². The molecule has 1 fully saturated rings. The zero-order valence-electron chi connectivity index (χ0n) is 17.6. The fraction of sp³-hybridized carbons (Fsp3) is 0.550. The maximum absolute atomic E-state index is 14.5. The van der Waals surface area contributed by atoms with E-state index in [0.717, 1.165) is 0 Å². The number of ether oxygens (including phenoxy) is 1. The first kappa shape index (κ1) is 23.3. The zero-order valence-corrected chi connectivity index (χ0v) is 19.2. The molecule has 0 aliphatic carbocycles. The average molecular weight is 473 g/mol. The van der Waals surface area contributed by atoms with Crippen molar-refractivity contribution in [2.45, 2.75) is 47.1 Å². The van der Waals surface area contributed by atoms with Gasteiger partial charge in [-0.3, -0.25) is 0 Å². The summed E-state index contributed by atoms with van der Waals surface area (Å²) >= 11 is 3.16. The summed E-state index contributed by atoms with van der Waals surface area (Å²) in [6.07, 6.45) is -1.37. The number of fused-ring (bicyclic) bond motifs is 1. The molecule has 6 nitrogen and oxygen atoms in total. The van der Waals surface area contributed by atoms with Gasteiger partial charge in [0.1, 0.15) is 16.9 Å². The Morgan fingerprint density at radius 2 is 1.72 bits per heavy atom. The van der Waals surface area contributed by atoms with Gasteiger partial charge in [0.2, 0.25) is 0 Å². The van der Waals surface area contributed by atoms with Crippen molar-refractivity contribution in [3.8, 4) is 0 Å². The van der Waals surface area contributed by atoms with Crippen LogP contribution in [0.1, 0.15) is 40.2 Å². The molecule has 1 aromatic carbocycles. The number of amides is 1. The monoisotopic (exact) mass is 472 g/mol. The number of carbonyl (C=O) groups excluding carboxylic acids is 1. The standard InChI is InChI=1S/C18H21BrF2N4O2.C2H6/c1-10-9-11-14(13(20)12(10)19)22-16(21)23-15(11)24-5-7-25(8-6-24)17(26)27-18(2,3)4;1-2/h9H,5-8H2,1-4H3;1-2H3. The Kier molecular flexibility index (Phi) is 7.37. The number of anilines is 1. The molecule has 1 aromatic heterocycles. The van der Waals surface area contributed by atoms with E-state index in [1.165, 1.54) is 0 Å². The van der Waals surface area contributed by atoms with Gasteiger partial charge in [0.05, 0.1) is 4.47 Å². The van der Waals surface area contributed by atoms with Crippen molar-refractivity contribution in [2.24, 2.45) is 0 Å². The van der Waals surface area contributed by atoms with Crippen LogP contribution in [-0.2, 0) is 4.74 Å². The maximum atomic E-state index is 14.5. The second-order valence-corrected chi connectivity index (χ2v) is 8.28. The van der Waals surface area contributed by atoms with E-state index in [1.54, 1.807) is 17.9 Å². The Balaban J connectivity index is 0.00000145. The van der Waals surface area contributed by atoms with Gasteiger partial charge in [0, 0.05) is 31.6 Å². The van der Waals surface area contributed by atoms with Crippen molar-refractivity contribution < 1.29 is 18.3 Å². The largest absolute Gasteiger partial charge is 0.444 e. The van der Waals surface area contributed by atoms with Gasteiger partial charge in [-0.15, -0.1) is 0 Å². The lowest BCUT2D eigenvalue weighted by molar-refractivity contribution is 0.0240. The number of piperazine rings is 1. The van der Waals surface area contributed by atoms with Crippen molar-refractivity contribution in [2.75, 3.05) is 31.1 Å². The molecule has 2 heterocycles. The van der Waals surface area contributed by atoms with E-state index < -0.39 is 17.5 Å². The molecule has 0 unspecified atom stereocenters. The van der Waals surface area contributed by atoms with E-state index in [0.29, 0.717) is 42.9 Å². The van der Waals surface area contributed by atoms with Crippen LogP contribution in [0.3, 0.4) is 0 Å². The van der Waals surface area contributed by atoms with Crippen molar-refractivity contribution in [1.29, 1.82) is 0 Å². The smallest absolute Gasteiger partial charge is 0.410 e. The summed E-state index contributed by atoms with van der Waals surface area (Å²) in [5.41, 5.74) is 0.0382. The molecule has 1 aliphatic rings. The summed E-state index contributed by atoms with van der Waals surface area (Å²) < 4.78 is 34.1. The molecular formula is C20H27BrF2N4O2. The fourth-order valence-corrected chi connectivity index (χ4v) is 3.26. The Morgan fingerprint density at radius 3 is 2.28 bits per heavy atom. The molecule has 0 bridgehead atoms. The van der Waals surface area contributed by atoms with E-state index in [9.17, 15) is 13.6 Å². The molecule has 0 N–H and O–H groups in total. The lowest BCUT2D eigenvalue weighted by Gasteiger charge is -2.36. The van der Waals surface area contributed by atoms with Crippen molar-refractivity contribution in [3.63, 3.8) is 0 Å². The van der Waals surface area contributed by atoms with E-state index in [4.69, 9.17) is 4.74 Å². The lowest BCUT2D eigenvalue weighted by atomic mass is 10.1. The van der Waals surface area contributed by atoms with Crippen LogP contribution in [0.5, 0.6) is 0 Å². The molecule has 9 heteroatoms. The van der Waals surface area contributed by atoms with Gasteiger partial charge in [0.25, 0.3) is 0 Å². The minimum absolute atomic E-state index is 0.0652. The second kappa shape index (κ2) is 9.19. The van der Waals surface area contributed by atoms with E-state index in [-0.39, 0.29) is 16.1 Å². The molecule has 0 saturated carbocycles. The molecule has 2 aromatic rings. The highest BCUT2D eigenvalue weighted by Gasteiger charge is 2.28. The van der Waals surface area contributed by atoms with E-state index in [2.05, 4.69) is 25.9 Å². The van der Waals surface area contributed by atoms with Gasteiger partial charge in [-0.05, 0) is 55.3 Å². The Labute approximate surface area is 178 Å². The third kappa shape index (κ3) is 5.32. The molecule has 1 saturated heterocycles. The predicted molar refractivity (Wildman–Crippen MR) is 113 cm³/mol. The Hall–Kier alpha value is -2.03. The third-order valence-corrected chi connectivity index (χ3v) is 5.21. The number of halogens is 3. The maximum Gasteiger partial charge on any atom is 0.410 e.